The van der Waals surface area contributed by atoms with Crippen LogP contribution in [-0.4, -0.2) is 34.8 Å². The third kappa shape index (κ3) is 7.32. The molecule has 0 aliphatic carbocycles. The smallest absolute Gasteiger partial charge is 0.334 e. The Hall–Kier alpha value is 0.704. The zero-order chi connectivity index (χ0) is 14.8. The topological polar surface area (TPSA) is 18.5 Å². The van der Waals surface area contributed by atoms with Gasteiger partial charge in [0.15, 0.2) is 0 Å². The van der Waals surface area contributed by atoms with Gasteiger partial charge in [0.1, 0.15) is 7.22 Å². The molecule has 0 fully saturated rings. The minimum absolute atomic E-state index is 0.785. The maximum absolute atomic E-state index is 5.90. The summed E-state index contributed by atoms with van der Waals surface area (Å²) in [6.07, 6.45) is 1.25. The molecule has 0 aromatic carbocycles. The first-order valence-corrected chi connectivity index (χ1v) is 14.8. The molecule has 0 aliphatic rings. The molecule has 0 N–H and O–H groups in total. The molecule has 0 radical (unpaired) electrons. The highest BCUT2D eigenvalue weighted by molar-refractivity contribution is 8.28. The molecule has 2 nitrogen and oxygen atoms in total. The molecule has 0 spiro atoms. The summed E-state index contributed by atoms with van der Waals surface area (Å²) in [6, 6.07) is 5.38. The fourth-order valence-electron chi connectivity index (χ4n) is 2.53. The van der Waals surface area contributed by atoms with Gasteiger partial charge in [-0.05, 0) is 38.6 Å². The minimum atomic E-state index is -1.87. The van der Waals surface area contributed by atoms with Crippen molar-refractivity contribution in [3.05, 3.63) is 0 Å². The van der Waals surface area contributed by atoms with Crippen molar-refractivity contribution in [2.45, 2.75) is 71.8 Å². The van der Waals surface area contributed by atoms with Crippen molar-refractivity contribution in [1.29, 1.82) is 0 Å². The normalized spacial score (nSPS) is 12.9. The average Bonchev–Trinajstić information content (AvgIpc) is 2.40. The second-order valence-corrected chi connectivity index (χ2v) is 17.2. The van der Waals surface area contributed by atoms with E-state index in [9.17, 15) is 0 Å². The SMILES string of the molecule is CCO[Si](C)(CCCS[Si](CC)(CC)CC)OCC. The van der Waals surface area contributed by atoms with Crippen LogP contribution in [0.15, 0.2) is 0 Å². The molecule has 19 heavy (non-hydrogen) atoms. The van der Waals surface area contributed by atoms with Crippen LogP contribution in [0.5, 0.6) is 0 Å². The van der Waals surface area contributed by atoms with Gasteiger partial charge in [0.25, 0.3) is 0 Å². The molecule has 0 atom stereocenters. The Morgan fingerprint density at radius 3 is 1.68 bits per heavy atom. The van der Waals surface area contributed by atoms with E-state index in [1.54, 1.807) is 0 Å². The third-order valence-corrected chi connectivity index (χ3v) is 17.1. The molecular weight excluding hydrogens is 288 g/mol. The average molecular weight is 323 g/mol. The van der Waals surface area contributed by atoms with E-state index < -0.39 is 15.8 Å². The van der Waals surface area contributed by atoms with Gasteiger partial charge in [-0.3, -0.25) is 0 Å². The Morgan fingerprint density at radius 2 is 1.32 bits per heavy atom. The van der Waals surface area contributed by atoms with E-state index >= 15 is 0 Å². The second-order valence-electron chi connectivity index (χ2n) is 5.20. The summed E-state index contributed by atoms with van der Waals surface area (Å²) in [4.78, 5) is 0. The maximum Gasteiger partial charge on any atom is 0.334 e. The molecule has 0 heterocycles. The molecule has 0 aromatic rings. The van der Waals surface area contributed by atoms with Gasteiger partial charge in [0.2, 0.25) is 0 Å². The molecular formula is C14H34O2SSi2. The summed E-state index contributed by atoms with van der Waals surface area (Å²) >= 11 is 2.30. The lowest BCUT2D eigenvalue weighted by molar-refractivity contribution is 0.189. The van der Waals surface area contributed by atoms with Gasteiger partial charge in [0, 0.05) is 13.2 Å². The van der Waals surface area contributed by atoms with Crippen molar-refractivity contribution in [2.75, 3.05) is 19.0 Å². The zero-order valence-corrected chi connectivity index (χ0v) is 16.7. The Morgan fingerprint density at radius 1 is 0.842 bits per heavy atom. The standard InChI is InChI=1S/C14H34O2SSi2/c1-7-15-18(6,16-8-2)14-12-13-17-19(9-3,10-4)11-5/h7-14H2,1-6H3. The number of rotatable bonds is 12. The zero-order valence-electron chi connectivity index (χ0n) is 13.9. The highest BCUT2D eigenvalue weighted by Gasteiger charge is 2.31. The van der Waals surface area contributed by atoms with E-state index in [0.29, 0.717) is 0 Å². The van der Waals surface area contributed by atoms with Crippen LogP contribution >= 0.6 is 11.2 Å². The van der Waals surface area contributed by atoms with E-state index in [2.05, 4.69) is 52.4 Å². The first kappa shape index (κ1) is 19.7. The Bertz CT molecular complexity index is 209. The van der Waals surface area contributed by atoms with Gasteiger partial charge in [-0.25, -0.2) is 0 Å². The maximum atomic E-state index is 5.90. The lowest BCUT2D eigenvalue weighted by Crippen LogP contribution is -2.39. The molecule has 0 unspecified atom stereocenters. The summed E-state index contributed by atoms with van der Waals surface area (Å²) in [5, 5.41) is 0. The van der Waals surface area contributed by atoms with E-state index in [0.717, 1.165) is 19.3 Å². The quantitative estimate of drug-likeness (QED) is 0.361. The van der Waals surface area contributed by atoms with Gasteiger partial charge in [-0.15, -0.1) is 0 Å². The second kappa shape index (κ2) is 10.4. The van der Waals surface area contributed by atoms with Crippen LogP contribution in [0.25, 0.3) is 0 Å². The number of hydrogen-bond donors (Lipinski definition) is 0. The first-order chi connectivity index (χ1) is 9.01. The van der Waals surface area contributed by atoms with Crippen LogP contribution in [0.1, 0.15) is 41.0 Å². The van der Waals surface area contributed by atoms with Crippen LogP contribution in [0, 0.1) is 0 Å². The lowest BCUT2D eigenvalue weighted by atomic mass is 10.6. The summed E-state index contributed by atoms with van der Waals surface area (Å²) in [7, 11) is -2.87. The Kier molecular flexibility index (Phi) is 10.8. The van der Waals surface area contributed by atoms with E-state index in [1.807, 2.05) is 0 Å². The van der Waals surface area contributed by atoms with Crippen molar-refractivity contribution in [2.24, 2.45) is 0 Å². The fourth-order valence-corrected chi connectivity index (χ4v) is 11.6. The number of hydrogen-bond acceptors (Lipinski definition) is 3. The minimum Gasteiger partial charge on any atom is -0.395 e. The van der Waals surface area contributed by atoms with Crippen LogP contribution in [0.4, 0.5) is 0 Å². The van der Waals surface area contributed by atoms with Crippen LogP contribution in [0.3, 0.4) is 0 Å². The summed E-state index contributed by atoms with van der Waals surface area (Å²) in [5.41, 5.74) is 0. The van der Waals surface area contributed by atoms with Crippen molar-refractivity contribution in [3.8, 4) is 0 Å². The van der Waals surface area contributed by atoms with Gasteiger partial charge >= 0.3 is 8.56 Å². The van der Waals surface area contributed by atoms with Crippen LogP contribution < -0.4 is 0 Å². The van der Waals surface area contributed by atoms with Crippen LogP contribution in [0.2, 0.25) is 30.7 Å². The summed E-state index contributed by atoms with van der Waals surface area (Å²) in [5.74, 6) is 1.30. The molecule has 116 valence electrons. The molecule has 0 saturated heterocycles. The molecule has 0 rings (SSSR count). The highest BCUT2D eigenvalue weighted by Crippen LogP contribution is 2.33. The van der Waals surface area contributed by atoms with Crippen molar-refractivity contribution in [1.82, 2.24) is 0 Å². The van der Waals surface area contributed by atoms with Gasteiger partial charge in [-0.1, -0.05) is 38.9 Å². The van der Waals surface area contributed by atoms with Gasteiger partial charge in [0.05, 0.1) is 0 Å². The summed E-state index contributed by atoms with van der Waals surface area (Å²) < 4.78 is 11.8. The fraction of sp³-hybridized carbons (Fsp3) is 1.00. The molecule has 0 bridgehead atoms. The van der Waals surface area contributed by atoms with Crippen LogP contribution in [-0.2, 0) is 8.85 Å². The first-order valence-electron chi connectivity index (χ1n) is 7.93. The lowest BCUT2D eigenvalue weighted by Gasteiger charge is -2.29. The molecule has 0 aliphatic heterocycles. The molecule has 5 heteroatoms. The third-order valence-electron chi connectivity index (χ3n) is 4.02. The Labute approximate surface area is 126 Å². The van der Waals surface area contributed by atoms with E-state index in [4.69, 9.17) is 8.85 Å². The van der Waals surface area contributed by atoms with Gasteiger partial charge < -0.3 is 8.85 Å². The summed E-state index contributed by atoms with van der Waals surface area (Å²) in [6.45, 7) is 15.1. The molecule has 0 aromatic heterocycles. The predicted molar refractivity (Wildman–Crippen MR) is 93.9 cm³/mol. The molecule has 0 saturated carbocycles. The van der Waals surface area contributed by atoms with E-state index in [1.165, 1.54) is 30.3 Å². The van der Waals surface area contributed by atoms with Crippen molar-refractivity contribution >= 4 is 27.0 Å². The van der Waals surface area contributed by atoms with Gasteiger partial charge in [-0.2, -0.15) is 11.2 Å². The largest absolute Gasteiger partial charge is 0.395 e. The highest BCUT2D eigenvalue weighted by atomic mass is 32.4. The monoisotopic (exact) mass is 322 g/mol. The Balaban J connectivity index is 4.12. The van der Waals surface area contributed by atoms with Crippen molar-refractivity contribution in [3.63, 3.8) is 0 Å². The molecule has 0 amide bonds. The van der Waals surface area contributed by atoms with E-state index in [-0.39, 0.29) is 0 Å². The van der Waals surface area contributed by atoms with Crippen molar-refractivity contribution < 1.29 is 8.85 Å². The predicted octanol–water partition coefficient (Wildman–Crippen LogP) is 5.26.